The maximum atomic E-state index is 11.7. The maximum absolute atomic E-state index is 11.7. The van der Waals surface area contributed by atoms with Crippen LogP contribution in [-0.4, -0.2) is 17.3 Å². The van der Waals surface area contributed by atoms with E-state index >= 15 is 0 Å². The summed E-state index contributed by atoms with van der Waals surface area (Å²) in [5.41, 5.74) is 1.00. The van der Waals surface area contributed by atoms with Gasteiger partial charge in [0.15, 0.2) is 0 Å². The van der Waals surface area contributed by atoms with Crippen molar-refractivity contribution < 1.29 is 9.21 Å². The Morgan fingerprint density at radius 1 is 1.69 bits per heavy atom. The normalized spacial score (nSPS) is 22.0. The molecule has 2 rings (SSSR count). The van der Waals surface area contributed by atoms with Crippen LogP contribution < -0.4 is 0 Å². The van der Waals surface area contributed by atoms with Crippen LogP contribution in [0.25, 0.3) is 0 Å². The summed E-state index contributed by atoms with van der Waals surface area (Å²) in [6.07, 6.45) is 4.87. The fourth-order valence-electron chi connectivity index (χ4n) is 1.53. The molecular formula is C10H12O2S. The average Bonchev–Trinajstić information content (AvgIpc) is 2.74. The van der Waals surface area contributed by atoms with Crippen LogP contribution in [0.15, 0.2) is 23.0 Å². The number of hydrogen-bond donors (Lipinski definition) is 0. The van der Waals surface area contributed by atoms with E-state index in [1.807, 2.05) is 17.8 Å². The van der Waals surface area contributed by atoms with Crippen molar-refractivity contribution in [2.45, 2.75) is 12.8 Å². The fraction of sp³-hybridized carbons (Fsp3) is 0.500. The third kappa shape index (κ3) is 2.15. The number of carbonyl (C=O) groups is 1. The van der Waals surface area contributed by atoms with E-state index < -0.39 is 0 Å². The zero-order chi connectivity index (χ0) is 9.10. The Kier molecular flexibility index (Phi) is 2.74. The van der Waals surface area contributed by atoms with Crippen molar-refractivity contribution >= 4 is 17.5 Å². The van der Waals surface area contributed by atoms with Crippen molar-refractivity contribution in [2.24, 2.45) is 5.92 Å². The molecule has 70 valence electrons. The molecule has 0 aliphatic carbocycles. The van der Waals surface area contributed by atoms with Crippen molar-refractivity contribution in [1.29, 1.82) is 0 Å². The highest BCUT2D eigenvalue weighted by molar-refractivity contribution is 7.99. The number of carbonyl (C=O) groups excluding carboxylic acids is 1. The molecular weight excluding hydrogens is 184 g/mol. The summed E-state index contributed by atoms with van der Waals surface area (Å²) in [5.74, 6) is 2.81. The highest BCUT2D eigenvalue weighted by Gasteiger charge is 2.22. The van der Waals surface area contributed by atoms with Gasteiger partial charge in [-0.1, -0.05) is 0 Å². The highest BCUT2D eigenvalue weighted by Crippen LogP contribution is 2.25. The van der Waals surface area contributed by atoms with E-state index in [4.69, 9.17) is 4.42 Å². The second-order valence-electron chi connectivity index (χ2n) is 3.34. The molecule has 0 radical (unpaired) electrons. The summed E-state index contributed by atoms with van der Waals surface area (Å²) in [6.45, 7) is 0. The molecule has 0 saturated carbocycles. The van der Waals surface area contributed by atoms with Gasteiger partial charge in [-0.2, -0.15) is 11.8 Å². The molecule has 3 heteroatoms. The number of ketones is 1. The number of rotatable bonds is 3. The van der Waals surface area contributed by atoms with Crippen LogP contribution in [0.5, 0.6) is 0 Å². The van der Waals surface area contributed by atoms with Crippen LogP contribution in [0, 0.1) is 5.92 Å². The lowest BCUT2D eigenvalue weighted by Gasteiger charge is -2.04. The molecule has 0 N–H and O–H groups in total. The quantitative estimate of drug-likeness (QED) is 0.742. The Labute approximate surface area is 81.7 Å². The number of Topliss-reactive ketones (excluding diaryl/α,β-unsaturated/α-hetero) is 1. The molecule has 0 amide bonds. The number of thioether (sulfide) groups is 1. The predicted molar refractivity (Wildman–Crippen MR) is 52.9 cm³/mol. The van der Waals surface area contributed by atoms with Gasteiger partial charge >= 0.3 is 0 Å². The lowest BCUT2D eigenvalue weighted by Crippen LogP contribution is -2.15. The molecule has 0 aromatic carbocycles. The van der Waals surface area contributed by atoms with Crippen LogP contribution in [0.1, 0.15) is 12.0 Å². The van der Waals surface area contributed by atoms with Gasteiger partial charge in [0.1, 0.15) is 5.78 Å². The minimum atomic E-state index is 0.292. The van der Waals surface area contributed by atoms with Crippen LogP contribution >= 0.6 is 11.8 Å². The van der Waals surface area contributed by atoms with Crippen molar-refractivity contribution in [3.63, 3.8) is 0 Å². The SMILES string of the molecule is O=C(Cc1ccoc1)C1CCSC1. The van der Waals surface area contributed by atoms with E-state index in [2.05, 4.69) is 0 Å². The Hall–Kier alpha value is -0.700. The van der Waals surface area contributed by atoms with Crippen LogP contribution in [-0.2, 0) is 11.2 Å². The van der Waals surface area contributed by atoms with Gasteiger partial charge in [-0.25, -0.2) is 0 Å². The van der Waals surface area contributed by atoms with E-state index in [1.165, 1.54) is 0 Å². The standard InChI is InChI=1S/C10H12O2S/c11-10(9-2-4-13-7-9)5-8-1-3-12-6-8/h1,3,6,9H,2,4-5,7H2. The van der Waals surface area contributed by atoms with E-state index in [-0.39, 0.29) is 0 Å². The first-order valence-electron chi connectivity index (χ1n) is 4.48. The largest absolute Gasteiger partial charge is 0.472 e. The molecule has 1 saturated heterocycles. The lowest BCUT2D eigenvalue weighted by molar-refractivity contribution is -0.121. The Balaban J connectivity index is 1.91. The molecule has 1 unspecified atom stereocenters. The van der Waals surface area contributed by atoms with Gasteiger partial charge in [-0.15, -0.1) is 0 Å². The van der Waals surface area contributed by atoms with E-state index in [1.54, 1.807) is 12.5 Å². The predicted octanol–water partition coefficient (Wildman–Crippen LogP) is 2.14. The van der Waals surface area contributed by atoms with Gasteiger partial charge in [-0.05, 0) is 23.8 Å². The molecule has 13 heavy (non-hydrogen) atoms. The highest BCUT2D eigenvalue weighted by atomic mass is 32.2. The average molecular weight is 196 g/mol. The summed E-state index contributed by atoms with van der Waals surface area (Å²) in [5, 5.41) is 0. The molecule has 1 fully saturated rings. The third-order valence-electron chi connectivity index (χ3n) is 2.34. The molecule has 2 nitrogen and oxygen atoms in total. The van der Waals surface area contributed by atoms with Gasteiger partial charge in [0.05, 0.1) is 12.5 Å². The van der Waals surface area contributed by atoms with Gasteiger partial charge < -0.3 is 4.42 Å². The fourth-order valence-corrected chi connectivity index (χ4v) is 2.78. The summed E-state index contributed by atoms with van der Waals surface area (Å²) in [6, 6.07) is 1.86. The lowest BCUT2D eigenvalue weighted by atomic mass is 9.99. The molecule has 1 aliphatic rings. The van der Waals surface area contributed by atoms with Gasteiger partial charge in [0.2, 0.25) is 0 Å². The molecule has 2 heterocycles. The van der Waals surface area contributed by atoms with E-state index in [0.29, 0.717) is 18.1 Å². The molecule has 0 bridgehead atoms. The third-order valence-corrected chi connectivity index (χ3v) is 3.51. The Bertz CT molecular complexity index is 273. The molecule has 1 atom stereocenters. The second kappa shape index (κ2) is 4.01. The molecule has 1 aromatic rings. The van der Waals surface area contributed by atoms with Gasteiger partial charge in [0.25, 0.3) is 0 Å². The number of hydrogen-bond acceptors (Lipinski definition) is 3. The minimum absolute atomic E-state index is 0.292. The summed E-state index contributed by atoms with van der Waals surface area (Å²) in [4.78, 5) is 11.7. The maximum Gasteiger partial charge on any atom is 0.141 e. The zero-order valence-corrected chi connectivity index (χ0v) is 8.18. The molecule has 0 spiro atoms. The van der Waals surface area contributed by atoms with Gasteiger partial charge in [0, 0.05) is 18.1 Å². The minimum Gasteiger partial charge on any atom is -0.472 e. The van der Waals surface area contributed by atoms with Crippen LogP contribution in [0.2, 0.25) is 0 Å². The topological polar surface area (TPSA) is 30.2 Å². The summed E-state index contributed by atoms with van der Waals surface area (Å²) < 4.78 is 4.92. The van der Waals surface area contributed by atoms with Crippen molar-refractivity contribution in [2.75, 3.05) is 11.5 Å². The summed E-state index contributed by atoms with van der Waals surface area (Å²) in [7, 11) is 0. The van der Waals surface area contributed by atoms with Crippen molar-refractivity contribution in [1.82, 2.24) is 0 Å². The van der Waals surface area contributed by atoms with Crippen molar-refractivity contribution in [3.05, 3.63) is 24.2 Å². The van der Waals surface area contributed by atoms with Gasteiger partial charge in [-0.3, -0.25) is 4.79 Å². The first kappa shape index (κ1) is 8.88. The van der Waals surface area contributed by atoms with Crippen LogP contribution in [0.4, 0.5) is 0 Å². The Morgan fingerprint density at radius 3 is 3.23 bits per heavy atom. The molecule has 1 aliphatic heterocycles. The zero-order valence-electron chi connectivity index (χ0n) is 7.36. The van der Waals surface area contributed by atoms with Crippen LogP contribution in [0.3, 0.4) is 0 Å². The first-order chi connectivity index (χ1) is 6.36. The smallest absolute Gasteiger partial charge is 0.141 e. The van der Waals surface area contributed by atoms with Crippen molar-refractivity contribution in [3.8, 4) is 0 Å². The van der Waals surface area contributed by atoms with E-state index in [0.717, 1.165) is 23.5 Å². The Morgan fingerprint density at radius 2 is 2.62 bits per heavy atom. The number of furan rings is 1. The summed E-state index contributed by atoms with van der Waals surface area (Å²) >= 11 is 1.88. The second-order valence-corrected chi connectivity index (χ2v) is 4.49. The monoisotopic (exact) mass is 196 g/mol. The molecule has 1 aromatic heterocycles. The first-order valence-corrected chi connectivity index (χ1v) is 5.63. The van der Waals surface area contributed by atoms with E-state index in [9.17, 15) is 4.79 Å².